The Morgan fingerprint density at radius 1 is 1.21 bits per heavy atom. The van der Waals surface area contributed by atoms with Gasteiger partial charge in [-0.2, -0.15) is 0 Å². The van der Waals surface area contributed by atoms with Gasteiger partial charge in [0.2, 0.25) is 0 Å². The average molecular weight is 341 g/mol. The highest BCUT2D eigenvalue weighted by Crippen LogP contribution is 2.28. The minimum Gasteiger partial charge on any atom is -0.373 e. The molecule has 0 aliphatic carbocycles. The summed E-state index contributed by atoms with van der Waals surface area (Å²) in [6.45, 7) is 4.22. The summed E-state index contributed by atoms with van der Waals surface area (Å²) in [7, 11) is 1.85. The minimum absolute atomic E-state index is 0.347. The fourth-order valence-corrected chi connectivity index (χ4v) is 2.08. The number of hydrogen-bond acceptors (Lipinski definition) is 3. The van der Waals surface area contributed by atoms with Gasteiger partial charge in [0, 0.05) is 28.8 Å². The van der Waals surface area contributed by atoms with Crippen LogP contribution in [0.3, 0.4) is 0 Å². The quantitative estimate of drug-likeness (QED) is 0.878. The molecule has 0 aliphatic rings. The van der Waals surface area contributed by atoms with Crippen molar-refractivity contribution in [2.75, 3.05) is 12.4 Å². The first-order chi connectivity index (χ1) is 9.01. The maximum Gasteiger partial charge on any atom is 0.161 e. The van der Waals surface area contributed by atoms with Crippen molar-refractivity contribution in [3.8, 4) is 11.4 Å². The van der Waals surface area contributed by atoms with Crippen molar-refractivity contribution in [1.82, 2.24) is 9.97 Å². The van der Waals surface area contributed by atoms with Crippen LogP contribution in [0.5, 0.6) is 0 Å². The molecule has 0 aliphatic heterocycles. The second-order valence-corrected chi connectivity index (χ2v) is 5.80. The third-order valence-electron chi connectivity index (χ3n) is 2.77. The predicted octanol–water partition coefficient (Wildman–Crippen LogP) is 4.72. The number of nitrogens with one attached hydrogen (secondary N) is 1. The molecule has 0 saturated heterocycles. The number of benzene rings is 1. The Morgan fingerprint density at radius 3 is 2.53 bits per heavy atom. The topological polar surface area (TPSA) is 37.8 Å². The van der Waals surface area contributed by atoms with Crippen molar-refractivity contribution in [1.29, 1.82) is 0 Å². The van der Waals surface area contributed by atoms with Crippen molar-refractivity contribution < 1.29 is 0 Å². The molecule has 5 heteroatoms. The SMILES string of the molecule is CNc1cc(C(C)C)nc(-c2ccc(Br)c(Cl)c2)n1. The molecule has 100 valence electrons. The molecule has 3 nitrogen and oxygen atoms in total. The monoisotopic (exact) mass is 339 g/mol. The van der Waals surface area contributed by atoms with Crippen LogP contribution in [0.15, 0.2) is 28.7 Å². The Morgan fingerprint density at radius 2 is 1.95 bits per heavy atom. The van der Waals surface area contributed by atoms with Crippen molar-refractivity contribution in [2.24, 2.45) is 0 Å². The van der Waals surface area contributed by atoms with Crippen LogP contribution in [0.4, 0.5) is 5.82 Å². The van der Waals surface area contributed by atoms with Crippen molar-refractivity contribution in [3.63, 3.8) is 0 Å². The van der Waals surface area contributed by atoms with E-state index in [-0.39, 0.29) is 0 Å². The highest BCUT2D eigenvalue weighted by Gasteiger charge is 2.10. The number of aromatic nitrogens is 2. The van der Waals surface area contributed by atoms with E-state index in [1.807, 2.05) is 31.3 Å². The van der Waals surface area contributed by atoms with Gasteiger partial charge in [0.1, 0.15) is 5.82 Å². The summed E-state index contributed by atoms with van der Waals surface area (Å²) < 4.78 is 0.867. The van der Waals surface area contributed by atoms with Gasteiger partial charge in [-0.15, -0.1) is 0 Å². The summed E-state index contributed by atoms with van der Waals surface area (Å²) in [6.07, 6.45) is 0. The van der Waals surface area contributed by atoms with Gasteiger partial charge in [0.15, 0.2) is 5.82 Å². The maximum absolute atomic E-state index is 6.12. The second-order valence-electron chi connectivity index (χ2n) is 4.54. The standard InChI is InChI=1S/C14H15BrClN3/c1-8(2)12-7-13(17-3)19-14(18-12)9-4-5-10(15)11(16)6-9/h4-8H,1-3H3,(H,17,18,19). The molecule has 0 amide bonds. The van der Waals surface area contributed by atoms with E-state index < -0.39 is 0 Å². The molecule has 0 radical (unpaired) electrons. The van der Waals surface area contributed by atoms with Crippen LogP contribution in [-0.2, 0) is 0 Å². The first kappa shape index (κ1) is 14.3. The van der Waals surface area contributed by atoms with E-state index in [4.69, 9.17) is 11.6 Å². The van der Waals surface area contributed by atoms with E-state index in [9.17, 15) is 0 Å². The first-order valence-corrected chi connectivity index (χ1v) is 7.20. The van der Waals surface area contributed by atoms with Crippen molar-refractivity contribution in [3.05, 3.63) is 39.5 Å². The Hall–Kier alpha value is -1.13. The zero-order chi connectivity index (χ0) is 14.0. The Kier molecular flexibility index (Phi) is 4.42. The first-order valence-electron chi connectivity index (χ1n) is 6.03. The summed E-state index contributed by atoms with van der Waals surface area (Å²) in [5.74, 6) is 1.84. The van der Waals surface area contributed by atoms with Crippen LogP contribution < -0.4 is 5.32 Å². The lowest BCUT2D eigenvalue weighted by Crippen LogP contribution is -2.02. The van der Waals surface area contributed by atoms with E-state index in [1.54, 1.807) is 0 Å². The Labute approximate surface area is 126 Å². The van der Waals surface area contributed by atoms with Gasteiger partial charge in [-0.25, -0.2) is 9.97 Å². The molecule has 2 aromatic rings. The number of nitrogens with zero attached hydrogens (tertiary/aromatic N) is 2. The lowest BCUT2D eigenvalue weighted by atomic mass is 10.1. The number of anilines is 1. The van der Waals surface area contributed by atoms with Crippen LogP contribution in [0.25, 0.3) is 11.4 Å². The summed E-state index contributed by atoms with van der Waals surface area (Å²) in [5, 5.41) is 3.72. The molecular weight excluding hydrogens is 326 g/mol. The maximum atomic E-state index is 6.12. The highest BCUT2D eigenvalue weighted by atomic mass is 79.9. The average Bonchev–Trinajstić information content (AvgIpc) is 2.41. The minimum atomic E-state index is 0.347. The van der Waals surface area contributed by atoms with E-state index in [2.05, 4.69) is 45.1 Å². The zero-order valence-electron chi connectivity index (χ0n) is 11.0. The molecule has 0 spiro atoms. The molecular formula is C14H15BrClN3. The van der Waals surface area contributed by atoms with Gasteiger partial charge in [0.05, 0.1) is 5.02 Å². The molecule has 2 rings (SSSR count). The van der Waals surface area contributed by atoms with E-state index in [1.165, 1.54) is 0 Å². The van der Waals surface area contributed by atoms with Gasteiger partial charge in [-0.3, -0.25) is 0 Å². The molecule has 1 aromatic carbocycles. The number of halogens is 2. The zero-order valence-corrected chi connectivity index (χ0v) is 13.4. The summed E-state index contributed by atoms with van der Waals surface area (Å²) in [4.78, 5) is 9.08. The normalized spacial score (nSPS) is 10.8. The highest BCUT2D eigenvalue weighted by molar-refractivity contribution is 9.10. The molecule has 0 bridgehead atoms. The van der Waals surface area contributed by atoms with Crippen LogP contribution in [0.1, 0.15) is 25.5 Å². The lowest BCUT2D eigenvalue weighted by molar-refractivity contribution is 0.817. The summed E-state index contributed by atoms with van der Waals surface area (Å²) in [6, 6.07) is 7.69. The third kappa shape index (κ3) is 3.25. The smallest absolute Gasteiger partial charge is 0.161 e. The Balaban J connectivity index is 2.54. The fourth-order valence-electron chi connectivity index (χ4n) is 1.65. The van der Waals surface area contributed by atoms with Crippen LogP contribution in [0.2, 0.25) is 5.02 Å². The van der Waals surface area contributed by atoms with E-state index >= 15 is 0 Å². The Bertz CT molecular complexity index is 599. The summed E-state index contributed by atoms with van der Waals surface area (Å²) in [5.41, 5.74) is 1.92. The number of hydrogen-bond donors (Lipinski definition) is 1. The van der Waals surface area contributed by atoms with Crippen molar-refractivity contribution in [2.45, 2.75) is 19.8 Å². The van der Waals surface area contributed by atoms with E-state index in [0.717, 1.165) is 21.5 Å². The molecule has 0 saturated carbocycles. The molecule has 19 heavy (non-hydrogen) atoms. The summed E-state index contributed by atoms with van der Waals surface area (Å²) >= 11 is 9.50. The molecule has 1 N–H and O–H groups in total. The molecule has 0 unspecified atom stereocenters. The van der Waals surface area contributed by atoms with Gasteiger partial charge in [0.25, 0.3) is 0 Å². The van der Waals surface area contributed by atoms with Gasteiger partial charge in [-0.1, -0.05) is 25.4 Å². The number of rotatable bonds is 3. The van der Waals surface area contributed by atoms with Gasteiger partial charge >= 0.3 is 0 Å². The van der Waals surface area contributed by atoms with Crippen LogP contribution in [-0.4, -0.2) is 17.0 Å². The molecule has 0 fully saturated rings. The molecule has 1 aromatic heterocycles. The predicted molar refractivity (Wildman–Crippen MR) is 83.8 cm³/mol. The molecule has 0 atom stereocenters. The second kappa shape index (κ2) is 5.88. The van der Waals surface area contributed by atoms with Crippen LogP contribution >= 0.6 is 27.5 Å². The van der Waals surface area contributed by atoms with Crippen LogP contribution in [0, 0.1) is 0 Å². The van der Waals surface area contributed by atoms with E-state index in [0.29, 0.717) is 16.8 Å². The van der Waals surface area contributed by atoms with Crippen molar-refractivity contribution >= 4 is 33.3 Å². The third-order valence-corrected chi connectivity index (χ3v) is 4.00. The lowest BCUT2D eigenvalue weighted by Gasteiger charge is -2.10. The van der Waals surface area contributed by atoms with Gasteiger partial charge < -0.3 is 5.32 Å². The molecule has 1 heterocycles. The largest absolute Gasteiger partial charge is 0.373 e. The fraction of sp³-hybridized carbons (Fsp3) is 0.286. The van der Waals surface area contributed by atoms with Gasteiger partial charge in [-0.05, 0) is 40.0 Å².